The first-order valence-corrected chi connectivity index (χ1v) is 0.971. The van der Waals surface area contributed by atoms with Gasteiger partial charge in [0.25, 0.3) is 0 Å². The number of carbonyl (C=O) groups excluding carboxylic acids is 1. The molecule has 0 bridgehead atoms. The van der Waals surface area contributed by atoms with Gasteiger partial charge in [0.2, 0.25) is 0 Å². The summed E-state index contributed by atoms with van der Waals surface area (Å²) in [7, 11) is 0. The van der Waals surface area contributed by atoms with Crippen LogP contribution in [-0.2, 0) is 32.0 Å². The van der Waals surface area contributed by atoms with Gasteiger partial charge in [-0.3, -0.25) is 0 Å². The predicted octanol–water partition coefficient (Wildman–Crippen LogP) is -0.953. The van der Waals surface area contributed by atoms with Crippen molar-refractivity contribution in [3.8, 4) is 0 Å². The van der Waals surface area contributed by atoms with Crippen molar-refractivity contribution in [3.63, 3.8) is 0 Å². The average Bonchev–Trinajstić information content (AvgIpc) is 1.46. The van der Waals surface area contributed by atoms with E-state index in [1.54, 1.807) is 0 Å². The summed E-state index contributed by atoms with van der Waals surface area (Å²) in [4.78, 5) is 8.25. The van der Waals surface area contributed by atoms with Crippen molar-refractivity contribution in [2.75, 3.05) is 0 Å². The molecule has 0 atom stereocenters. The maximum Gasteiger partial charge on any atom is 3.00 e. The molecule has 0 aromatic heterocycles. The van der Waals surface area contributed by atoms with Crippen molar-refractivity contribution in [1.82, 2.24) is 0 Å². The fraction of sp³-hybridized carbons (Fsp3) is 0. The molecule has 0 saturated heterocycles. The minimum absolute atomic E-state index is 0. The van der Waals surface area contributed by atoms with Crippen LogP contribution in [0.5, 0.6) is 0 Å². The molecule has 0 aliphatic rings. The number of hydrogen-bond acceptors (Lipinski definition) is 2. The van der Waals surface area contributed by atoms with Crippen LogP contribution in [0.2, 0.25) is 0 Å². The third-order valence-electron chi connectivity index (χ3n) is 0. The third-order valence-corrected chi connectivity index (χ3v) is 0. The molecule has 0 aromatic rings. The van der Waals surface area contributed by atoms with Gasteiger partial charge in [-0.25, -0.2) is 0 Å². The van der Waals surface area contributed by atoms with Crippen molar-refractivity contribution in [1.29, 1.82) is 0 Å². The van der Waals surface area contributed by atoms with Crippen LogP contribution >= 0.6 is 0 Å². The fourth-order valence-corrected chi connectivity index (χ4v) is 0. The zero-order chi connectivity index (χ0) is 4.71. The Balaban J connectivity index is -0.0000000105. The van der Waals surface area contributed by atoms with Gasteiger partial charge >= 0.3 is 21.7 Å². The molecule has 0 unspecified atom stereocenters. The zero-order valence-electron chi connectivity index (χ0n) is 3.72. The van der Waals surface area contributed by atoms with Crippen LogP contribution in [-0.4, -0.2) is 6.47 Å². The second-order valence-corrected chi connectivity index (χ2v) is 0.0962. The molecule has 0 amide bonds. The van der Waals surface area contributed by atoms with Crippen molar-refractivity contribution < 1.29 is 37.1 Å². The van der Waals surface area contributed by atoms with E-state index in [1.807, 2.05) is 0 Å². The Kier molecular flexibility index (Phi) is 735. The second-order valence-electron chi connectivity index (χ2n) is 0.0962. The maximum atomic E-state index is 8.25. The monoisotopic (exact) mass is 137 g/mol. The molecule has 1 radical (unpaired) electrons. The Morgan fingerprint density at radius 1 is 1.43 bits per heavy atom. The van der Waals surface area contributed by atoms with Gasteiger partial charge in [0.1, 0.15) is 0 Å². The van der Waals surface area contributed by atoms with Crippen LogP contribution in [0.1, 0.15) is 0 Å². The molecule has 7 heavy (non-hydrogen) atoms. The van der Waals surface area contributed by atoms with Crippen molar-refractivity contribution in [2.24, 2.45) is 0 Å². The van der Waals surface area contributed by atoms with Crippen LogP contribution in [0.4, 0.5) is 0 Å². The molecule has 0 aliphatic heterocycles. The molecular weight excluding hydrogens is 132 g/mol. The maximum absolute atomic E-state index is 8.25. The normalized spacial score (nSPS) is 2.29. The van der Waals surface area contributed by atoms with E-state index in [0.717, 1.165) is 0 Å². The summed E-state index contributed by atoms with van der Waals surface area (Å²) in [6, 6.07) is 0. The second kappa shape index (κ2) is 180. The fourth-order valence-electron chi connectivity index (χ4n) is 0. The molecule has 4 heteroatoms. The summed E-state index contributed by atoms with van der Waals surface area (Å²) in [5.74, 6) is 0. The van der Waals surface area contributed by atoms with E-state index in [9.17, 15) is 0 Å². The standard InChI is InChI=1S/C2H4.CH2O2.O.Ti/c1-2;2-1-3;;/h1-2H2;1H,(H,2,3);;/q;;-2;+3/p-1. The van der Waals surface area contributed by atoms with Crippen LogP contribution in [0.15, 0.2) is 13.2 Å². The molecule has 0 N–H and O–H groups in total. The molecule has 3 nitrogen and oxygen atoms in total. The van der Waals surface area contributed by atoms with Gasteiger partial charge < -0.3 is 15.4 Å². The summed E-state index contributed by atoms with van der Waals surface area (Å²) < 4.78 is 0. The summed E-state index contributed by atoms with van der Waals surface area (Å²) in [6.45, 7) is 5.50. The molecule has 0 aliphatic carbocycles. The van der Waals surface area contributed by atoms with Gasteiger partial charge in [0.05, 0.1) is 0 Å². The molecule has 0 aromatic carbocycles. The summed E-state index contributed by atoms with van der Waals surface area (Å²) >= 11 is 0. The Labute approximate surface area is 57.2 Å². The molecular formula is C3H5O3Ti. The quantitative estimate of drug-likeness (QED) is 0.245. The Hall–Kier alpha value is -0.116. The van der Waals surface area contributed by atoms with Gasteiger partial charge in [-0.15, -0.1) is 13.2 Å². The summed E-state index contributed by atoms with van der Waals surface area (Å²) in [5.41, 5.74) is 0. The van der Waals surface area contributed by atoms with Gasteiger partial charge in [0, 0.05) is 6.47 Å². The first-order valence-electron chi connectivity index (χ1n) is 0.971. The molecule has 0 saturated carbocycles. The predicted molar refractivity (Wildman–Crippen MR) is 18.0 cm³/mol. The van der Waals surface area contributed by atoms with Crippen LogP contribution in [0.25, 0.3) is 0 Å². The third kappa shape index (κ3) is 6630. The van der Waals surface area contributed by atoms with Crippen LogP contribution in [0, 0.1) is 0 Å². The van der Waals surface area contributed by atoms with Gasteiger partial charge in [-0.05, 0) is 0 Å². The first-order chi connectivity index (χ1) is 2.41. The topological polar surface area (TPSA) is 68.6 Å². The van der Waals surface area contributed by atoms with Crippen LogP contribution in [0.3, 0.4) is 0 Å². The number of rotatable bonds is 0. The van der Waals surface area contributed by atoms with Gasteiger partial charge in [0.15, 0.2) is 0 Å². The number of hydrogen-bond donors (Lipinski definition) is 0. The van der Waals surface area contributed by atoms with Crippen molar-refractivity contribution in [2.45, 2.75) is 0 Å². The summed E-state index contributed by atoms with van der Waals surface area (Å²) in [5, 5.41) is 8.25. The van der Waals surface area contributed by atoms with Gasteiger partial charge in [-0.2, -0.15) is 0 Å². The first kappa shape index (κ1) is 28.7. The van der Waals surface area contributed by atoms with E-state index in [-0.39, 0.29) is 27.2 Å². The molecule has 0 rings (SSSR count). The van der Waals surface area contributed by atoms with Crippen LogP contribution < -0.4 is 5.11 Å². The smallest absolute Gasteiger partial charge is 2.00 e. The zero-order valence-corrected chi connectivity index (χ0v) is 5.28. The van der Waals surface area contributed by atoms with Crippen molar-refractivity contribution >= 4 is 6.47 Å². The van der Waals surface area contributed by atoms with E-state index >= 15 is 0 Å². The Morgan fingerprint density at radius 2 is 1.43 bits per heavy atom. The molecule has 0 spiro atoms. The van der Waals surface area contributed by atoms with E-state index < -0.39 is 6.47 Å². The summed E-state index contributed by atoms with van der Waals surface area (Å²) in [6.07, 6.45) is 0. The number of carboxylic acid groups (broad SMARTS) is 1. The van der Waals surface area contributed by atoms with E-state index in [0.29, 0.717) is 0 Å². The molecule has 0 heterocycles. The Bertz CT molecular complexity index is 24.1. The van der Waals surface area contributed by atoms with E-state index in [2.05, 4.69) is 13.2 Å². The number of carbonyl (C=O) groups is 1. The van der Waals surface area contributed by atoms with E-state index in [4.69, 9.17) is 9.90 Å². The average molecular weight is 137 g/mol. The minimum atomic E-state index is -0.500. The van der Waals surface area contributed by atoms with Gasteiger partial charge in [-0.1, -0.05) is 0 Å². The largest absolute Gasteiger partial charge is 3.00 e. The molecule has 39 valence electrons. The van der Waals surface area contributed by atoms with E-state index in [1.165, 1.54) is 0 Å². The molecule has 0 fully saturated rings. The SMILES string of the molecule is C=C.O=C[O-].[O-2].[Ti+3]. The minimum Gasteiger partial charge on any atom is -2.00 e. The van der Waals surface area contributed by atoms with Crippen molar-refractivity contribution in [3.05, 3.63) is 13.2 Å². The Morgan fingerprint density at radius 3 is 1.43 bits per heavy atom.